The molecule has 0 spiro atoms. The number of carbonyl (C=O) groups is 1. The molecule has 3 fully saturated rings. The summed E-state index contributed by atoms with van der Waals surface area (Å²) in [6.07, 6.45) is 4.95. The topological polar surface area (TPSA) is 20.3 Å². The van der Waals surface area contributed by atoms with Crippen LogP contribution in [0.2, 0.25) is 0 Å². The fraction of sp³-hybridized carbons (Fsp3) is 0.929. The summed E-state index contributed by atoms with van der Waals surface area (Å²) in [5, 5.41) is 0. The van der Waals surface area contributed by atoms with E-state index in [4.69, 9.17) is 0 Å². The summed E-state index contributed by atoms with van der Waals surface area (Å²) >= 11 is 0. The van der Waals surface area contributed by atoms with Gasteiger partial charge in [-0.05, 0) is 50.1 Å². The number of hydrogen-bond donors (Lipinski definition) is 0. The van der Waals surface area contributed by atoms with Crippen LogP contribution in [0.15, 0.2) is 0 Å². The molecular formula is C14H23NO. The lowest BCUT2D eigenvalue weighted by molar-refractivity contribution is -0.132. The number of likely N-dealkylation sites (tertiary alicyclic amines) is 1. The minimum Gasteiger partial charge on any atom is -0.297 e. The van der Waals surface area contributed by atoms with Gasteiger partial charge in [0.2, 0.25) is 0 Å². The van der Waals surface area contributed by atoms with Crippen LogP contribution in [0.25, 0.3) is 0 Å². The van der Waals surface area contributed by atoms with Crippen molar-refractivity contribution < 1.29 is 4.79 Å². The first kappa shape index (κ1) is 10.8. The first-order valence-corrected chi connectivity index (χ1v) is 6.77. The first-order chi connectivity index (χ1) is 7.48. The molecule has 3 rings (SSSR count). The highest BCUT2D eigenvalue weighted by Gasteiger charge is 2.67. The van der Waals surface area contributed by atoms with Crippen molar-refractivity contribution in [2.75, 3.05) is 13.1 Å². The smallest absolute Gasteiger partial charge is 0.156 e. The average Bonchev–Trinajstić information content (AvgIpc) is 2.83. The van der Waals surface area contributed by atoms with Crippen LogP contribution in [0, 0.1) is 16.7 Å². The van der Waals surface area contributed by atoms with E-state index in [2.05, 4.69) is 25.7 Å². The first-order valence-electron chi connectivity index (χ1n) is 6.77. The zero-order valence-electron chi connectivity index (χ0n) is 10.8. The SMILES string of the molecule is CC12CCC([C@@H](N3CCCC3)C1=O)C2(C)C. The number of nitrogens with zero attached hydrogens (tertiary/aromatic N) is 1. The number of fused-ring (bicyclic) bond motifs is 2. The van der Waals surface area contributed by atoms with E-state index in [-0.39, 0.29) is 16.9 Å². The fourth-order valence-electron chi connectivity index (χ4n) is 4.48. The van der Waals surface area contributed by atoms with Crippen LogP contribution < -0.4 is 0 Å². The number of hydrogen-bond acceptors (Lipinski definition) is 2. The number of ketones is 1. The zero-order valence-corrected chi connectivity index (χ0v) is 10.8. The van der Waals surface area contributed by atoms with Gasteiger partial charge in [-0.1, -0.05) is 20.8 Å². The van der Waals surface area contributed by atoms with E-state index in [0.29, 0.717) is 11.7 Å². The highest BCUT2D eigenvalue weighted by atomic mass is 16.1. The van der Waals surface area contributed by atoms with Crippen molar-refractivity contribution in [2.24, 2.45) is 16.7 Å². The van der Waals surface area contributed by atoms with Crippen LogP contribution >= 0.6 is 0 Å². The summed E-state index contributed by atoms with van der Waals surface area (Å²) < 4.78 is 0. The Labute approximate surface area is 98.4 Å². The summed E-state index contributed by atoms with van der Waals surface area (Å²) in [4.78, 5) is 15.1. The maximum Gasteiger partial charge on any atom is 0.156 e. The number of Topliss-reactive ketones (excluding diaryl/α,β-unsaturated/α-hetero) is 1. The van der Waals surface area contributed by atoms with Gasteiger partial charge in [0, 0.05) is 5.41 Å². The van der Waals surface area contributed by atoms with E-state index >= 15 is 0 Å². The molecule has 2 unspecified atom stereocenters. The summed E-state index contributed by atoms with van der Waals surface area (Å²) in [5.41, 5.74) is 0.183. The molecule has 2 bridgehead atoms. The van der Waals surface area contributed by atoms with E-state index in [9.17, 15) is 4.79 Å². The second-order valence-corrected chi connectivity index (χ2v) is 6.75. The third-order valence-electron chi connectivity index (χ3n) is 6.03. The Balaban J connectivity index is 1.96. The van der Waals surface area contributed by atoms with Gasteiger partial charge in [0.05, 0.1) is 6.04 Å². The second-order valence-electron chi connectivity index (χ2n) is 6.75. The van der Waals surface area contributed by atoms with Gasteiger partial charge in [-0.2, -0.15) is 0 Å². The van der Waals surface area contributed by atoms with Gasteiger partial charge in [0.1, 0.15) is 0 Å². The van der Waals surface area contributed by atoms with Crippen molar-refractivity contribution in [1.82, 2.24) is 4.90 Å². The van der Waals surface area contributed by atoms with Crippen molar-refractivity contribution in [2.45, 2.75) is 52.5 Å². The Morgan fingerprint density at radius 1 is 1.19 bits per heavy atom. The van der Waals surface area contributed by atoms with E-state index in [1.807, 2.05) is 0 Å². The maximum absolute atomic E-state index is 12.6. The lowest BCUT2D eigenvalue weighted by Gasteiger charge is -2.32. The average molecular weight is 221 g/mol. The minimum atomic E-state index is -0.0368. The Hall–Kier alpha value is -0.370. The second kappa shape index (κ2) is 3.10. The zero-order chi connectivity index (χ0) is 11.6. The van der Waals surface area contributed by atoms with Crippen molar-refractivity contribution in [1.29, 1.82) is 0 Å². The van der Waals surface area contributed by atoms with Gasteiger partial charge in [-0.25, -0.2) is 0 Å². The quantitative estimate of drug-likeness (QED) is 0.678. The van der Waals surface area contributed by atoms with Gasteiger partial charge in [-0.15, -0.1) is 0 Å². The third kappa shape index (κ3) is 1.04. The fourth-order valence-corrected chi connectivity index (χ4v) is 4.48. The van der Waals surface area contributed by atoms with Crippen LogP contribution in [0.5, 0.6) is 0 Å². The van der Waals surface area contributed by atoms with Crippen molar-refractivity contribution in [3.63, 3.8) is 0 Å². The molecule has 0 radical (unpaired) electrons. The lowest BCUT2D eigenvalue weighted by Crippen LogP contribution is -2.45. The summed E-state index contributed by atoms with van der Waals surface area (Å²) in [6, 6.07) is 0.260. The molecule has 2 nitrogen and oxygen atoms in total. The molecule has 16 heavy (non-hydrogen) atoms. The molecule has 0 aromatic heterocycles. The maximum atomic E-state index is 12.6. The lowest BCUT2D eigenvalue weighted by atomic mass is 9.70. The van der Waals surface area contributed by atoms with Gasteiger partial charge >= 0.3 is 0 Å². The third-order valence-corrected chi connectivity index (χ3v) is 6.03. The summed E-state index contributed by atoms with van der Waals surface area (Å²) in [5.74, 6) is 1.17. The molecule has 0 aromatic carbocycles. The highest BCUT2D eigenvalue weighted by Crippen LogP contribution is 2.64. The molecular weight excluding hydrogens is 198 g/mol. The Bertz CT molecular complexity index is 330. The van der Waals surface area contributed by atoms with E-state index < -0.39 is 0 Å². The number of carbonyl (C=O) groups excluding carboxylic acids is 1. The molecule has 2 saturated carbocycles. The normalized spacial score (nSPS) is 46.8. The molecule has 1 saturated heterocycles. The minimum absolute atomic E-state index is 0.0368. The molecule has 3 atom stereocenters. The summed E-state index contributed by atoms with van der Waals surface area (Å²) in [7, 11) is 0. The Morgan fingerprint density at radius 2 is 1.81 bits per heavy atom. The number of rotatable bonds is 1. The largest absolute Gasteiger partial charge is 0.297 e. The Morgan fingerprint density at radius 3 is 2.31 bits per heavy atom. The van der Waals surface area contributed by atoms with Gasteiger partial charge in [-0.3, -0.25) is 9.69 Å². The molecule has 2 heteroatoms. The summed E-state index contributed by atoms with van der Waals surface area (Å²) in [6.45, 7) is 9.15. The van der Waals surface area contributed by atoms with E-state index in [1.54, 1.807) is 0 Å². The van der Waals surface area contributed by atoms with Crippen molar-refractivity contribution >= 4 is 5.78 Å². The van der Waals surface area contributed by atoms with Gasteiger partial charge in [0.15, 0.2) is 5.78 Å². The predicted molar refractivity (Wildman–Crippen MR) is 64.2 cm³/mol. The van der Waals surface area contributed by atoms with Gasteiger partial charge in [0.25, 0.3) is 0 Å². The highest BCUT2D eigenvalue weighted by molar-refractivity contribution is 5.94. The van der Waals surface area contributed by atoms with E-state index in [1.165, 1.54) is 19.3 Å². The van der Waals surface area contributed by atoms with Crippen LogP contribution in [0.4, 0.5) is 0 Å². The van der Waals surface area contributed by atoms with E-state index in [0.717, 1.165) is 19.5 Å². The molecule has 3 aliphatic rings. The molecule has 1 aliphatic heterocycles. The Kier molecular flexibility index (Phi) is 2.08. The van der Waals surface area contributed by atoms with Crippen molar-refractivity contribution in [3.05, 3.63) is 0 Å². The molecule has 1 heterocycles. The molecule has 2 aliphatic carbocycles. The molecule has 0 N–H and O–H groups in total. The van der Waals surface area contributed by atoms with Crippen LogP contribution in [0.3, 0.4) is 0 Å². The van der Waals surface area contributed by atoms with Crippen LogP contribution in [-0.2, 0) is 4.79 Å². The monoisotopic (exact) mass is 221 g/mol. The van der Waals surface area contributed by atoms with Gasteiger partial charge < -0.3 is 0 Å². The predicted octanol–water partition coefficient (Wildman–Crippen LogP) is 2.48. The van der Waals surface area contributed by atoms with Crippen LogP contribution in [0.1, 0.15) is 46.5 Å². The van der Waals surface area contributed by atoms with Crippen LogP contribution in [-0.4, -0.2) is 29.8 Å². The van der Waals surface area contributed by atoms with Crippen molar-refractivity contribution in [3.8, 4) is 0 Å². The molecule has 0 aromatic rings. The molecule has 0 amide bonds. The molecule has 90 valence electrons. The standard InChI is InChI=1S/C14H23NO/c1-13(2)10-6-7-14(13,3)12(16)11(10)15-8-4-5-9-15/h10-11H,4-9H2,1-3H3/t10?,11-,14?/m1/s1.